The molecule has 2 aromatic carbocycles. The van der Waals surface area contributed by atoms with Gasteiger partial charge < -0.3 is 20.5 Å². The summed E-state index contributed by atoms with van der Waals surface area (Å²) < 4.78 is 11.0. The lowest BCUT2D eigenvalue weighted by Crippen LogP contribution is -2.33. The molecule has 0 amide bonds. The number of esters is 1. The molecule has 1 saturated heterocycles. The van der Waals surface area contributed by atoms with Gasteiger partial charge in [0.1, 0.15) is 58.6 Å². The first kappa shape index (κ1) is 29.4. The maximum atomic E-state index is 12.0. The van der Waals surface area contributed by atoms with E-state index in [1.54, 1.807) is 24.3 Å². The number of halogens is 1. The number of benzene rings is 2. The third kappa shape index (κ3) is 6.84. The minimum Gasteiger partial charge on any atom is -0.490 e. The highest BCUT2D eigenvalue weighted by Crippen LogP contribution is 2.37. The third-order valence-corrected chi connectivity index (χ3v) is 8.70. The predicted molar refractivity (Wildman–Crippen MR) is 163 cm³/mol. The van der Waals surface area contributed by atoms with Gasteiger partial charge in [-0.1, -0.05) is 47.6 Å². The fraction of sp³-hybridized carbons (Fsp3) is 0.233. The predicted octanol–water partition coefficient (Wildman–Crippen LogP) is 5.82. The average molecular weight is 617 g/mol. The van der Waals surface area contributed by atoms with E-state index in [9.17, 15) is 15.3 Å². The maximum absolute atomic E-state index is 12.0. The summed E-state index contributed by atoms with van der Waals surface area (Å²) in [6.45, 7) is 1.16. The van der Waals surface area contributed by atoms with Crippen molar-refractivity contribution in [2.45, 2.75) is 29.7 Å². The number of nitrogen functional groups attached to an aromatic ring is 1. The summed E-state index contributed by atoms with van der Waals surface area (Å²) in [6.07, 6.45) is 1.75. The van der Waals surface area contributed by atoms with E-state index in [2.05, 4.69) is 22.4 Å². The SMILES string of the molecule is N#Cc1c(N)nc(SCc2csc(-c3ccc(Cl)cc3)n2)c(C#N)c1-c1ccc(OCCOC(=O)[C@@H]2CCCN2)cc1. The number of thioether (sulfide) groups is 1. The third-order valence-electron chi connectivity index (χ3n) is 6.50. The number of carbonyl (C=O) groups excluding carboxylic acids is 1. The summed E-state index contributed by atoms with van der Waals surface area (Å²) in [4.78, 5) is 21.1. The highest BCUT2D eigenvalue weighted by molar-refractivity contribution is 7.98. The standard InChI is InChI=1S/C30H25ClN6O3S2/c31-20-7-3-19(4-8-20)28-36-21(16-41-28)17-42-29-24(15-33)26(23(14-32)27(34)37-29)18-5-9-22(10-6-18)39-12-13-40-30(38)25-2-1-11-35-25/h3-10,16,25,35H,1-2,11-13,17H2,(H2,34,37)/t25-/m0/s1. The molecule has 2 aromatic heterocycles. The van der Waals surface area contributed by atoms with Gasteiger partial charge in [0.15, 0.2) is 0 Å². The van der Waals surface area contributed by atoms with Crippen LogP contribution in [0.15, 0.2) is 58.9 Å². The second kappa shape index (κ2) is 13.7. The van der Waals surface area contributed by atoms with Crippen molar-refractivity contribution in [1.82, 2.24) is 15.3 Å². The fourth-order valence-electron chi connectivity index (χ4n) is 4.44. The van der Waals surface area contributed by atoms with Crippen LogP contribution in [0.4, 0.5) is 5.82 Å². The first-order chi connectivity index (χ1) is 20.5. The van der Waals surface area contributed by atoms with Crippen molar-refractivity contribution in [3.05, 3.63) is 75.8 Å². The molecule has 212 valence electrons. The van der Waals surface area contributed by atoms with Gasteiger partial charge >= 0.3 is 5.97 Å². The van der Waals surface area contributed by atoms with Crippen LogP contribution in [0.3, 0.4) is 0 Å². The van der Waals surface area contributed by atoms with Crippen molar-refractivity contribution in [3.8, 4) is 39.6 Å². The van der Waals surface area contributed by atoms with Crippen LogP contribution in [-0.4, -0.2) is 41.7 Å². The quantitative estimate of drug-likeness (QED) is 0.127. The van der Waals surface area contributed by atoms with Gasteiger partial charge in [-0.3, -0.25) is 4.79 Å². The van der Waals surface area contributed by atoms with Gasteiger partial charge in [-0.15, -0.1) is 11.3 Å². The summed E-state index contributed by atoms with van der Waals surface area (Å²) in [7, 11) is 0. The molecule has 1 aliphatic rings. The second-order valence-electron chi connectivity index (χ2n) is 9.28. The molecule has 9 nitrogen and oxygen atoms in total. The van der Waals surface area contributed by atoms with Gasteiger partial charge in [0, 0.05) is 27.3 Å². The summed E-state index contributed by atoms with van der Waals surface area (Å²) in [5.41, 5.74) is 9.43. The average Bonchev–Trinajstić information content (AvgIpc) is 3.72. The molecule has 0 saturated carbocycles. The Morgan fingerprint density at radius 1 is 1.07 bits per heavy atom. The molecule has 12 heteroatoms. The summed E-state index contributed by atoms with van der Waals surface area (Å²) >= 11 is 8.85. The highest BCUT2D eigenvalue weighted by Gasteiger charge is 2.23. The molecule has 3 heterocycles. The van der Waals surface area contributed by atoms with E-state index in [1.807, 2.05) is 29.6 Å². The van der Waals surface area contributed by atoms with Crippen molar-refractivity contribution < 1.29 is 14.3 Å². The Morgan fingerprint density at radius 3 is 2.50 bits per heavy atom. The Bertz CT molecular complexity index is 1660. The zero-order valence-corrected chi connectivity index (χ0v) is 24.7. The van der Waals surface area contributed by atoms with Crippen molar-refractivity contribution in [2.75, 3.05) is 25.5 Å². The van der Waals surface area contributed by atoms with Crippen molar-refractivity contribution >= 4 is 46.5 Å². The molecule has 0 spiro atoms. The number of aromatic nitrogens is 2. The second-order valence-corrected chi connectivity index (χ2v) is 11.5. The molecule has 5 rings (SSSR count). The Kier molecular flexibility index (Phi) is 9.57. The highest BCUT2D eigenvalue weighted by atomic mass is 35.5. The molecule has 0 aliphatic carbocycles. The number of hydrogen-bond donors (Lipinski definition) is 2. The van der Waals surface area contributed by atoms with Crippen LogP contribution < -0.4 is 15.8 Å². The van der Waals surface area contributed by atoms with Gasteiger partial charge in [-0.25, -0.2) is 9.97 Å². The number of nitriles is 2. The van der Waals surface area contributed by atoms with Gasteiger partial charge in [0.05, 0.1) is 11.3 Å². The smallest absolute Gasteiger partial charge is 0.323 e. The maximum Gasteiger partial charge on any atom is 0.323 e. The van der Waals surface area contributed by atoms with Crippen molar-refractivity contribution in [3.63, 3.8) is 0 Å². The van der Waals surface area contributed by atoms with Gasteiger partial charge in [0.25, 0.3) is 0 Å². The number of pyridine rings is 1. The number of thiazole rings is 1. The molecule has 1 atom stereocenters. The number of anilines is 1. The van der Waals surface area contributed by atoms with E-state index in [-0.39, 0.29) is 42.2 Å². The first-order valence-electron chi connectivity index (χ1n) is 13.1. The Balaban J connectivity index is 1.28. The molecular weight excluding hydrogens is 592 g/mol. The Labute approximate surface area is 256 Å². The minimum absolute atomic E-state index is 0.0491. The fourth-order valence-corrected chi connectivity index (χ4v) is 6.38. The normalized spacial score (nSPS) is 14.2. The number of carbonyl (C=O) groups is 1. The van der Waals surface area contributed by atoms with E-state index in [0.717, 1.165) is 35.7 Å². The first-order valence-corrected chi connectivity index (χ1v) is 15.3. The Morgan fingerprint density at radius 2 is 1.81 bits per heavy atom. The van der Waals surface area contributed by atoms with Crippen LogP contribution in [0.25, 0.3) is 21.7 Å². The summed E-state index contributed by atoms with van der Waals surface area (Å²) in [5, 5.41) is 27.0. The number of nitrogens with two attached hydrogens (primary N) is 1. The van der Waals surface area contributed by atoms with Crippen molar-refractivity contribution in [2.24, 2.45) is 0 Å². The monoisotopic (exact) mass is 616 g/mol. The van der Waals surface area contributed by atoms with Crippen LogP contribution in [-0.2, 0) is 15.3 Å². The summed E-state index contributed by atoms with van der Waals surface area (Å²) in [6, 6.07) is 18.5. The lowest BCUT2D eigenvalue weighted by atomic mass is 9.97. The van der Waals surface area contributed by atoms with Crippen LogP contribution in [0, 0.1) is 22.7 Å². The van der Waals surface area contributed by atoms with E-state index < -0.39 is 0 Å². The molecule has 42 heavy (non-hydrogen) atoms. The minimum atomic E-state index is -0.264. The topological polar surface area (TPSA) is 147 Å². The van der Waals surface area contributed by atoms with Crippen LogP contribution in [0.1, 0.15) is 29.7 Å². The molecule has 0 unspecified atom stereocenters. The number of nitrogens with zero attached hydrogens (tertiary/aromatic N) is 4. The van der Waals surface area contributed by atoms with E-state index >= 15 is 0 Å². The Hall–Kier alpha value is -4.13. The lowest BCUT2D eigenvalue weighted by Gasteiger charge is -2.14. The van der Waals surface area contributed by atoms with Gasteiger partial charge in [-0.2, -0.15) is 10.5 Å². The van der Waals surface area contributed by atoms with Gasteiger partial charge in [0.2, 0.25) is 0 Å². The van der Waals surface area contributed by atoms with E-state index in [4.69, 9.17) is 31.8 Å². The molecule has 0 radical (unpaired) electrons. The molecule has 1 aliphatic heterocycles. The molecule has 4 aromatic rings. The number of hydrogen-bond acceptors (Lipinski definition) is 11. The zero-order valence-electron chi connectivity index (χ0n) is 22.3. The number of ether oxygens (including phenoxy) is 2. The van der Waals surface area contributed by atoms with Crippen molar-refractivity contribution in [1.29, 1.82) is 10.5 Å². The largest absolute Gasteiger partial charge is 0.490 e. The number of rotatable bonds is 10. The molecule has 0 bridgehead atoms. The van der Waals surface area contributed by atoms with Gasteiger partial charge in [-0.05, 0) is 49.2 Å². The molecule has 3 N–H and O–H groups in total. The van der Waals surface area contributed by atoms with E-state index in [1.165, 1.54) is 23.1 Å². The molecular formula is C30H25ClN6O3S2. The van der Waals surface area contributed by atoms with E-state index in [0.29, 0.717) is 32.7 Å². The molecule has 1 fully saturated rings. The number of nitrogens with one attached hydrogen (secondary N) is 1. The van der Waals surface area contributed by atoms with Crippen LogP contribution in [0.5, 0.6) is 5.75 Å². The summed E-state index contributed by atoms with van der Waals surface area (Å²) in [5.74, 6) is 0.806. The lowest BCUT2D eigenvalue weighted by molar-refractivity contribution is -0.146. The zero-order chi connectivity index (χ0) is 29.5. The van der Waals surface area contributed by atoms with Crippen LogP contribution >= 0.6 is 34.7 Å². The van der Waals surface area contributed by atoms with Crippen LogP contribution in [0.2, 0.25) is 5.02 Å².